The molecule has 0 bridgehead atoms. The van der Waals surface area contributed by atoms with E-state index in [4.69, 9.17) is 9.26 Å². The summed E-state index contributed by atoms with van der Waals surface area (Å²) in [5, 5.41) is 3.69. The van der Waals surface area contributed by atoms with E-state index in [-0.39, 0.29) is 31.2 Å². The standard InChI is InChI=1S/C17H20F3N3O3/c1-3-23(11-17(18,19)20)9-6-10-25-16(24)14-8-5-4-7-13(14)15-21-12(2)22-26-15/h4-5,7-8H,3,6,9-11H2,1-2H3. The zero-order chi connectivity index (χ0) is 19.2. The van der Waals surface area contributed by atoms with Gasteiger partial charge in [-0.25, -0.2) is 4.79 Å². The maximum atomic E-state index is 12.4. The number of hydrogen-bond acceptors (Lipinski definition) is 6. The highest BCUT2D eigenvalue weighted by Crippen LogP contribution is 2.22. The van der Waals surface area contributed by atoms with E-state index in [0.717, 1.165) is 0 Å². The quantitative estimate of drug-likeness (QED) is 0.523. The van der Waals surface area contributed by atoms with Crippen LogP contribution in [0, 0.1) is 6.92 Å². The highest BCUT2D eigenvalue weighted by Gasteiger charge is 2.29. The molecule has 9 heteroatoms. The number of esters is 1. The smallest absolute Gasteiger partial charge is 0.401 e. The van der Waals surface area contributed by atoms with Crippen LogP contribution in [-0.4, -0.2) is 53.4 Å². The SMILES string of the molecule is CCN(CCCOC(=O)c1ccccc1-c1nc(C)no1)CC(F)(F)F. The van der Waals surface area contributed by atoms with Gasteiger partial charge in [-0.3, -0.25) is 4.90 Å². The third-order valence-electron chi connectivity index (χ3n) is 3.61. The fourth-order valence-corrected chi connectivity index (χ4v) is 2.39. The van der Waals surface area contributed by atoms with Gasteiger partial charge in [-0.15, -0.1) is 0 Å². The average molecular weight is 371 g/mol. The molecular weight excluding hydrogens is 351 g/mol. The fraction of sp³-hybridized carbons (Fsp3) is 0.471. The normalized spacial score (nSPS) is 11.8. The molecule has 6 nitrogen and oxygen atoms in total. The first kappa shape index (κ1) is 19.9. The Morgan fingerprint density at radius 3 is 2.65 bits per heavy atom. The van der Waals surface area contributed by atoms with Crippen LogP contribution in [0.2, 0.25) is 0 Å². The highest BCUT2D eigenvalue weighted by molar-refractivity contribution is 5.96. The maximum absolute atomic E-state index is 12.4. The summed E-state index contributed by atoms with van der Waals surface area (Å²) in [7, 11) is 0. The molecule has 0 amide bonds. The molecule has 0 radical (unpaired) electrons. The first-order chi connectivity index (χ1) is 12.3. The molecule has 0 fully saturated rings. The number of rotatable bonds is 8. The van der Waals surface area contributed by atoms with Crippen molar-refractivity contribution in [2.24, 2.45) is 0 Å². The number of halogens is 3. The van der Waals surface area contributed by atoms with Crippen LogP contribution in [0.4, 0.5) is 13.2 Å². The van der Waals surface area contributed by atoms with Crippen LogP contribution in [-0.2, 0) is 4.74 Å². The zero-order valence-electron chi connectivity index (χ0n) is 14.5. The van der Waals surface area contributed by atoms with Gasteiger partial charge < -0.3 is 9.26 Å². The molecule has 0 saturated heterocycles. The number of carbonyl (C=O) groups excluding carboxylic acids is 1. The Bertz CT molecular complexity index is 731. The molecule has 1 heterocycles. The summed E-state index contributed by atoms with van der Waals surface area (Å²) in [5.74, 6) is 0.0557. The summed E-state index contributed by atoms with van der Waals surface area (Å²) in [4.78, 5) is 17.6. The van der Waals surface area contributed by atoms with E-state index >= 15 is 0 Å². The molecule has 0 unspecified atom stereocenters. The largest absolute Gasteiger partial charge is 0.462 e. The first-order valence-corrected chi connectivity index (χ1v) is 8.16. The second-order valence-electron chi connectivity index (χ2n) is 5.67. The van der Waals surface area contributed by atoms with Crippen molar-refractivity contribution >= 4 is 5.97 Å². The van der Waals surface area contributed by atoms with Gasteiger partial charge in [-0.1, -0.05) is 24.2 Å². The van der Waals surface area contributed by atoms with E-state index in [1.165, 1.54) is 4.90 Å². The van der Waals surface area contributed by atoms with Gasteiger partial charge in [-0.2, -0.15) is 18.2 Å². The van der Waals surface area contributed by atoms with Crippen molar-refractivity contribution in [3.8, 4) is 11.5 Å². The van der Waals surface area contributed by atoms with E-state index in [1.54, 1.807) is 38.1 Å². The van der Waals surface area contributed by atoms with Gasteiger partial charge in [0, 0.05) is 6.54 Å². The van der Waals surface area contributed by atoms with Crippen molar-refractivity contribution in [3.05, 3.63) is 35.7 Å². The number of ether oxygens (including phenoxy) is 1. The van der Waals surface area contributed by atoms with Crippen LogP contribution in [0.5, 0.6) is 0 Å². The van der Waals surface area contributed by atoms with Gasteiger partial charge >= 0.3 is 12.1 Å². The zero-order valence-corrected chi connectivity index (χ0v) is 14.5. The molecule has 1 aromatic carbocycles. The minimum absolute atomic E-state index is 0.0182. The van der Waals surface area contributed by atoms with Crippen molar-refractivity contribution in [1.29, 1.82) is 0 Å². The molecule has 0 saturated carbocycles. The summed E-state index contributed by atoms with van der Waals surface area (Å²) >= 11 is 0. The first-order valence-electron chi connectivity index (χ1n) is 8.16. The average Bonchev–Trinajstić information content (AvgIpc) is 3.02. The molecule has 1 aromatic heterocycles. The molecule has 0 aliphatic heterocycles. The van der Waals surface area contributed by atoms with Gasteiger partial charge in [0.15, 0.2) is 5.82 Å². The molecule has 142 valence electrons. The Hall–Kier alpha value is -2.42. The van der Waals surface area contributed by atoms with Crippen molar-refractivity contribution in [3.63, 3.8) is 0 Å². The van der Waals surface area contributed by atoms with Gasteiger partial charge in [0.1, 0.15) is 0 Å². The molecule has 0 aliphatic carbocycles. The predicted molar refractivity (Wildman–Crippen MR) is 87.5 cm³/mol. The molecule has 26 heavy (non-hydrogen) atoms. The van der Waals surface area contributed by atoms with E-state index < -0.39 is 18.7 Å². The summed E-state index contributed by atoms with van der Waals surface area (Å²) < 4.78 is 47.5. The molecule has 2 aromatic rings. The Balaban J connectivity index is 1.91. The summed E-state index contributed by atoms with van der Waals surface area (Å²) in [6.07, 6.45) is -3.94. The Kier molecular flexibility index (Phi) is 6.73. The summed E-state index contributed by atoms with van der Waals surface area (Å²) in [6, 6.07) is 6.62. The van der Waals surface area contributed by atoms with Crippen LogP contribution in [0.3, 0.4) is 0 Å². The lowest BCUT2D eigenvalue weighted by Gasteiger charge is -2.21. The van der Waals surface area contributed by atoms with E-state index in [9.17, 15) is 18.0 Å². The van der Waals surface area contributed by atoms with Gasteiger partial charge in [0.05, 0.1) is 24.3 Å². The lowest BCUT2D eigenvalue weighted by Crippen LogP contribution is -2.35. The molecule has 0 N–H and O–H groups in total. The molecular formula is C17H20F3N3O3. The van der Waals surface area contributed by atoms with Crippen molar-refractivity contribution in [2.75, 3.05) is 26.2 Å². The van der Waals surface area contributed by atoms with Crippen LogP contribution in [0.25, 0.3) is 11.5 Å². The Morgan fingerprint density at radius 2 is 2.04 bits per heavy atom. The van der Waals surface area contributed by atoms with Crippen LogP contribution < -0.4 is 0 Å². The van der Waals surface area contributed by atoms with E-state index in [2.05, 4.69) is 10.1 Å². The molecule has 0 aliphatic rings. The second kappa shape index (κ2) is 8.79. The summed E-state index contributed by atoms with van der Waals surface area (Å²) in [5.41, 5.74) is 0.712. The monoisotopic (exact) mass is 371 g/mol. The number of aromatic nitrogens is 2. The fourth-order valence-electron chi connectivity index (χ4n) is 2.39. The van der Waals surface area contributed by atoms with Gasteiger partial charge in [0.2, 0.25) is 0 Å². The van der Waals surface area contributed by atoms with Gasteiger partial charge in [0.25, 0.3) is 5.89 Å². The third kappa shape index (κ3) is 5.83. The number of alkyl halides is 3. The minimum atomic E-state index is -4.24. The Labute approximate surface area is 148 Å². The van der Waals surface area contributed by atoms with Crippen molar-refractivity contribution in [2.45, 2.75) is 26.4 Å². The van der Waals surface area contributed by atoms with Crippen molar-refractivity contribution < 1.29 is 27.2 Å². The maximum Gasteiger partial charge on any atom is 0.401 e. The topological polar surface area (TPSA) is 68.5 Å². The molecule has 0 spiro atoms. The second-order valence-corrected chi connectivity index (χ2v) is 5.67. The summed E-state index contributed by atoms with van der Waals surface area (Å²) in [6.45, 7) is 2.82. The van der Waals surface area contributed by atoms with Crippen LogP contribution >= 0.6 is 0 Å². The number of nitrogens with zero attached hydrogens (tertiary/aromatic N) is 3. The molecule has 2 rings (SSSR count). The number of hydrogen-bond donors (Lipinski definition) is 0. The molecule has 0 atom stereocenters. The lowest BCUT2D eigenvalue weighted by molar-refractivity contribution is -0.145. The predicted octanol–water partition coefficient (Wildman–Crippen LogP) is 3.48. The van der Waals surface area contributed by atoms with Crippen LogP contribution in [0.15, 0.2) is 28.8 Å². The van der Waals surface area contributed by atoms with E-state index in [0.29, 0.717) is 17.8 Å². The van der Waals surface area contributed by atoms with E-state index in [1.807, 2.05) is 0 Å². The number of aryl methyl sites for hydroxylation is 1. The lowest BCUT2D eigenvalue weighted by atomic mass is 10.1. The number of carbonyl (C=O) groups is 1. The van der Waals surface area contributed by atoms with Gasteiger partial charge in [-0.05, 0) is 32.0 Å². The number of benzene rings is 1. The van der Waals surface area contributed by atoms with Crippen LogP contribution in [0.1, 0.15) is 29.5 Å². The Morgan fingerprint density at radius 1 is 1.31 bits per heavy atom. The third-order valence-corrected chi connectivity index (χ3v) is 3.61. The minimum Gasteiger partial charge on any atom is -0.462 e. The van der Waals surface area contributed by atoms with Crippen molar-refractivity contribution in [1.82, 2.24) is 15.0 Å². The highest BCUT2D eigenvalue weighted by atomic mass is 19.4.